The third-order valence-electron chi connectivity index (χ3n) is 6.57. The van der Waals surface area contributed by atoms with Gasteiger partial charge in [-0.15, -0.1) is 0 Å². The number of nitrogens with zero attached hydrogens (tertiary/aromatic N) is 2. The minimum atomic E-state index is -0.00785. The maximum Gasteiger partial charge on any atom is 0.253 e. The van der Waals surface area contributed by atoms with E-state index in [1.165, 1.54) is 43.2 Å². The summed E-state index contributed by atoms with van der Waals surface area (Å²) in [5.74, 6) is 2.45. The lowest BCUT2D eigenvalue weighted by molar-refractivity contribution is 0.0950. The molecule has 1 amide bonds. The number of hydrogen-bond acceptors (Lipinski definition) is 4. The number of fused-ring (bicyclic) bond motifs is 1. The predicted molar refractivity (Wildman–Crippen MR) is 118 cm³/mol. The van der Waals surface area contributed by atoms with Crippen molar-refractivity contribution in [3.05, 3.63) is 53.2 Å². The van der Waals surface area contributed by atoms with E-state index in [1.54, 1.807) is 6.20 Å². The van der Waals surface area contributed by atoms with Crippen LogP contribution in [0.3, 0.4) is 0 Å². The Morgan fingerprint density at radius 3 is 2.73 bits per heavy atom. The van der Waals surface area contributed by atoms with Crippen LogP contribution in [0, 0.1) is 5.92 Å². The Bertz CT molecular complexity index is 892. The van der Waals surface area contributed by atoms with Crippen molar-refractivity contribution in [3.63, 3.8) is 0 Å². The SMILES string of the molecule is O=C(NC1CC1)c1ccc(N2CCCC(COc3ccc4c(c3)CCCC4)C2)nc1. The molecule has 0 spiro atoms. The van der Waals surface area contributed by atoms with Crippen LogP contribution in [0.4, 0.5) is 5.82 Å². The number of hydrogen-bond donors (Lipinski definition) is 1. The molecule has 1 saturated carbocycles. The first-order valence-corrected chi connectivity index (χ1v) is 11.5. The molecule has 30 heavy (non-hydrogen) atoms. The van der Waals surface area contributed by atoms with Crippen molar-refractivity contribution in [1.29, 1.82) is 0 Å². The number of piperidine rings is 1. The molecule has 0 bridgehead atoms. The normalized spacial score (nSPS) is 21.1. The lowest BCUT2D eigenvalue weighted by Crippen LogP contribution is -2.38. The third-order valence-corrected chi connectivity index (χ3v) is 6.57. The van der Waals surface area contributed by atoms with Crippen LogP contribution in [0.25, 0.3) is 0 Å². The topological polar surface area (TPSA) is 54.5 Å². The van der Waals surface area contributed by atoms with Gasteiger partial charge in [0.05, 0.1) is 12.2 Å². The molecule has 1 saturated heterocycles. The van der Waals surface area contributed by atoms with Gasteiger partial charge in [-0.3, -0.25) is 4.79 Å². The highest BCUT2D eigenvalue weighted by atomic mass is 16.5. The first-order chi connectivity index (χ1) is 14.7. The average Bonchev–Trinajstić information content (AvgIpc) is 3.62. The van der Waals surface area contributed by atoms with Gasteiger partial charge in [-0.1, -0.05) is 6.07 Å². The number of carbonyl (C=O) groups is 1. The molecule has 3 aliphatic rings. The molecule has 1 aromatic carbocycles. The van der Waals surface area contributed by atoms with Crippen molar-refractivity contribution in [2.45, 2.75) is 57.4 Å². The monoisotopic (exact) mass is 405 g/mol. The van der Waals surface area contributed by atoms with Crippen LogP contribution in [-0.4, -0.2) is 36.6 Å². The zero-order valence-corrected chi connectivity index (χ0v) is 17.6. The molecule has 1 unspecified atom stereocenters. The molecule has 1 N–H and O–H groups in total. The predicted octanol–water partition coefficient (Wildman–Crippen LogP) is 4.15. The lowest BCUT2D eigenvalue weighted by Gasteiger charge is -2.33. The number of benzene rings is 1. The van der Waals surface area contributed by atoms with E-state index in [0.717, 1.165) is 50.5 Å². The van der Waals surface area contributed by atoms with Gasteiger partial charge >= 0.3 is 0 Å². The van der Waals surface area contributed by atoms with E-state index in [0.29, 0.717) is 17.5 Å². The van der Waals surface area contributed by atoms with Gasteiger partial charge in [0.2, 0.25) is 0 Å². The molecule has 158 valence electrons. The lowest BCUT2D eigenvalue weighted by atomic mass is 9.92. The number of aryl methyl sites for hydroxylation is 2. The average molecular weight is 406 g/mol. The molecule has 2 fully saturated rings. The van der Waals surface area contributed by atoms with E-state index in [-0.39, 0.29) is 5.91 Å². The number of ether oxygens (including phenoxy) is 1. The summed E-state index contributed by atoms with van der Waals surface area (Å²) in [7, 11) is 0. The number of rotatable bonds is 6. The summed E-state index contributed by atoms with van der Waals surface area (Å²) in [4.78, 5) is 19.1. The Balaban J connectivity index is 1.16. The van der Waals surface area contributed by atoms with Gasteiger partial charge in [-0.05, 0) is 86.8 Å². The summed E-state index contributed by atoms with van der Waals surface area (Å²) in [6, 6.07) is 10.9. The smallest absolute Gasteiger partial charge is 0.253 e. The van der Waals surface area contributed by atoms with Crippen molar-refractivity contribution < 1.29 is 9.53 Å². The highest BCUT2D eigenvalue weighted by Crippen LogP contribution is 2.27. The van der Waals surface area contributed by atoms with Crippen LogP contribution < -0.4 is 15.0 Å². The van der Waals surface area contributed by atoms with Crippen molar-refractivity contribution in [2.75, 3.05) is 24.6 Å². The van der Waals surface area contributed by atoms with Gasteiger partial charge in [0.25, 0.3) is 5.91 Å². The van der Waals surface area contributed by atoms with Gasteiger partial charge in [0.1, 0.15) is 11.6 Å². The molecule has 5 rings (SSSR count). The molecule has 2 aliphatic carbocycles. The zero-order chi connectivity index (χ0) is 20.3. The molecule has 1 aliphatic heterocycles. The molecule has 5 heteroatoms. The van der Waals surface area contributed by atoms with E-state index in [1.807, 2.05) is 12.1 Å². The molecule has 1 atom stereocenters. The fourth-order valence-corrected chi connectivity index (χ4v) is 4.63. The first kappa shape index (κ1) is 19.4. The summed E-state index contributed by atoms with van der Waals surface area (Å²) >= 11 is 0. The standard InChI is InChI=1S/C25H31N3O2/c29-25(27-22-9-10-22)21-8-12-24(26-15-21)28-13-3-4-18(16-28)17-30-23-11-7-19-5-1-2-6-20(19)14-23/h7-8,11-12,14-15,18,22H,1-6,9-10,13,16-17H2,(H,27,29). The number of nitrogens with one attached hydrogen (secondary N) is 1. The quantitative estimate of drug-likeness (QED) is 0.785. The largest absolute Gasteiger partial charge is 0.493 e. The number of anilines is 1. The molecule has 1 aromatic heterocycles. The van der Waals surface area contributed by atoms with Gasteiger partial charge in [-0.25, -0.2) is 4.98 Å². The molecule has 0 radical (unpaired) electrons. The number of carbonyl (C=O) groups excluding carboxylic acids is 1. The van der Waals surface area contributed by atoms with Gasteiger partial charge < -0.3 is 15.0 Å². The Morgan fingerprint density at radius 1 is 1.07 bits per heavy atom. The summed E-state index contributed by atoms with van der Waals surface area (Å²) < 4.78 is 6.19. The maximum absolute atomic E-state index is 12.2. The van der Waals surface area contributed by atoms with Gasteiger partial charge in [0, 0.05) is 31.2 Å². The van der Waals surface area contributed by atoms with E-state index in [4.69, 9.17) is 4.74 Å². The summed E-state index contributed by atoms with van der Waals surface area (Å²) in [5.41, 5.74) is 3.62. The van der Waals surface area contributed by atoms with Crippen LogP contribution in [0.15, 0.2) is 36.5 Å². The second kappa shape index (κ2) is 8.66. The molecule has 2 heterocycles. The Morgan fingerprint density at radius 2 is 1.93 bits per heavy atom. The van der Waals surface area contributed by atoms with Gasteiger partial charge in [-0.2, -0.15) is 0 Å². The maximum atomic E-state index is 12.2. The van der Waals surface area contributed by atoms with Crippen LogP contribution in [0.1, 0.15) is 60.0 Å². The number of aromatic nitrogens is 1. The first-order valence-electron chi connectivity index (χ1n) is 11.5. The fraction of sp³-hybridized carbons (Fsp3) is 0.520. The van der Waals surface area contributed by atoms with E-state index in [9.17, 15) is 4.79 Å². The Kier molecular flexibility index (Phi) is 5.60. The number of amides is 1. The van der Waals surface area contributed by atoms with Crippen LogP contribution in [-0.2, 0) is 12.8 Å². The molecular weight excluding hydrogens is 374 g/mol. The van der Waals surface area contributed by atoms with Crippen LogP contribution >= 0.6 is 0 Å². The molecule has 5 nitrogen and oxygen atoms in total. The van der Waals surface area contributed by atoms with Crippen molar-refractivity contribution in [3.8, 4) is 5.75 Å². The van der Waals surface area contributed by atoms with E-state index in [2.05, 4.69) is 33.4 Å². The summed E-state index contributed by atoms with van der Waals surface area (Å²) in [5, 5.41) is 3.02. The second-order valence-electron chi connectivity index (χ2n) is 9.06. The van der Waals surface area contributed by atoms with E-state index >= 15 is 0 Å². The zero-order valence-electron chi connectivity index (χ0n) is 17.6. The summed E-state index contributed by atoms with van der Waals surface area (Å²) in [6.07, 6.45) is 11.2. The Hall–Kier alpha value is -2.56. The minimum Gasteiger partial charge on any atom is -0.493 e. The van der Waals surface area contributed by atoms with Crippen molar-refractivity contribution >= 4 is 11.7 Å². The third kappa shape index (κ3) is 4.61. The highest BCUT2D eigenvalue weighted by molar-refractivity contribution is 5.94. The summed E-state index contributed by atoms with van der Waals surface area (Å²) in [6.45, 7) is 2.71. The second-order valence-corrected chi connectivity index (χ2v) is 9.06. The van der Waals surface area contributed by atoms with Crippen molar-refractivity contribution in [1.82, 2.24) is 10.3 Å². The molecular formula is C25H31N3O2. The highest BCUT2D eigenvalue weighted by Gasteiger charge is 2.25. The Labute approximate surface area is 178 Å². The van der Waals surface area contributed by atoms with Crippen LogP contribution in [0.5, 0.6) is 5.75 Å². The minimum absolute atomic E-state index is 0.00785. The molecule has 2 aromatic rings. The van der Waals surface area contributed by atoms with Crippen LogP contribution in [0.2, 0.25) is 0 Å². The van der Waals surface area contributed by atoms with E-state index < -0.39 is 0 Å². The fourth-order valence-electron chi connectivity index (χ4n) is 4.63. The van der Waals surface area contributed by atoms with Gasteiger partial charge in [0.15, 0.2) is 0 Å². The number of pyridine rings is 1. The van der Waals surface area contributed by atoms with Crippen molar-refractivity contribution in [2.24, 2.45) is 5.92 Å².